The van der Waals surface area contributed by atoms with Gasteiger partial charge in [-0.2, -0.15) is 0 Å². The van der Waals surface area contributed by atoms with Crippen molar-refractivity contribution in [3.05, 3.63) is 0 Å². The molecule has 0 aromatic heterocycles. The van der Waals surface area contributed by atoms with Crippen LogP contribution in [0.25, 0.3) is 0 Å². The van der Waals surface area contributed by atoms with Crippen molar-refractivity contribution in [3.8, 4) is 0 Å². The SMILES string of the molecule is CC1CCN(C(=O)NCC2COCCO2)C(C(=O)O)C1. The molecule has 7 nitrogen and oxygen atoms in total. The number of carboxylic acid groups (broad SMARTS) is 1. The van der Waals surface area contributed by atoms with Crippen LogP contribution in [-0.2, 0) is 14.3 Å². The van der Waals surface area contributed by atoms with Crippen LogP contribution >= 0.6 is 0 Å². The fourth-order valence-corrected chi connectivity index (χ4v) is 2.58. The smallest absolute Gasteiger partial charge is 0.326 e. The van der Waals surface area contributed by atoms with Crippen molar-refractivity contribution in [1.29, 1.82) is 0 Å². The number of carbonyl (C=O) groups is 2. The first-order valence-electron chi connectivity index (χ1n) is 7.04. The highest BCUT2D eigenvalue weighted by Crippen LogP contribution is 2.22. The minimum absolute atomic E-state index is 0.153. The van der Waals surface area contributed by atoms with Gasteiger partial charge in [-0.15, -0.1) is 0 Å². The van der Waals surface area contributed by atoms with E-state index in [1.54, 1.807) is 0 Å². The lowest BCUT2D eigenvalue weighted by Gasteiger charge is -2.36. The van der Waals surface area contributed by atoms with Crippen LogP contribution in [0, 0.1) is 5.92 Å². The molecule has 3 atom stereocenters. The summed E-state index contributed by atoms with van der Waals surface area (Å²) >= 11 is 0. The van der Waals surface area contributed by atoms with Gasteiger partial charge in [0.25, 0.3) is 0 Å². The van der Waals surface area contributed by atoms with Gasteiger partial charge in [-0.05, 0) is 18.8 Å². The number of aliphatic carboxylic acids is 1. The molecule has 2 saturated heterocycles. The van der Waals surface area contributed by atoms with Gasteiger partial charge in [-0.1, -0.05) is 6.92 Å². The summed E-state index contributed by atoms with van der Waals surface area (Å²) in [5, 5.41) is 12.0. The molecule has 0 aromatic carbocycles. The second-order valence-corrected chi connectivity index (χ2v) is 5.43. The first kappa shape index (κ1) is 15.1. The molecule has 0 bridgehead atoms. The van der Waals surface area contributed by atoms with Crippen molar-refractivity contribution >= 4 is 12.0 Å². The van der Waals surface area contributed by atoms with Gasteiger partial charge in [0.2, 0.25) is 0 Å². The Labute approximate surface area is 118 Å². The van der Waals surface area contributed by atoms with E-state index in [0.29, 0.717) is 45.2 Å². The topological polar surface area (TPSA) is 88.1 Å². The Morgan fingerprint density at radius 1 is 1.40 bits per heavy atom. The molecule has 2 fully saturated rings. The predicted octanol–water partition coefficient (Wildman–Crippen LogP) is 0.297. The maximum atomic E-state index is 12.1. The third kappa shape index (κ3) is 3.83. The van der Waals surface area contributed by atoms with Crippen molar-refractivity contribution in [2.75, 3.05) is 32.9 Å². The molecule has 3 unspecified atom stereocenters. The normalized spacial score (nSPS) is 30.9. The van der Waals surface area contributed by atoms with E-state index < -0.39 is 12.0 Å². The lowest BCUT2D eigenvalue weighted by molar-refractivity contribution is -0.143. The Morgan fingerprint density at radius 2 is 2.20 bits per heavy atom. The largest absolute Gasteiger partial charge is 0.480 e. The monoisotopic (exact) mass is 286 g/mol. The number of likely N-dealkylation sites (tertiary alicyclic amines) is 1. The summed E-state index contributed by atoms with van der Waals surface area (Å²) in [6.07, 6.45) is 1.19. The van der Waals surface area contributed by atoms with Crippen molar-refractivity contribution in [1.82, 2.24) is 10.2 Å². The number of nitrogens with one attached hydrogen (secondary N) is 1. The minimum Gasteiger partial charge on any atom is -0.480 e. The molecule has 2 aliphatic heterocycles. The van der Waals surface area contributed by atoms with E-state index in [1.165, 1.54) is 4.90 Å². The molecule has 7 heteroatoms. The molecule has 0 spiro atoms. The number of hydrogen-bond donors (Lipinski definition) is 2. The van der Waals surface area contributed by atoms with Crippen LogP contribution in [0.1, 0.15) is 19.8 Å². The van der Waals surface area contributed by atoms with Crippen molar-refractivity contribution in [3.63, 3.8) is 0 Å². The summed E-state index contributed by atoms with van der Waals surface area (Å²) in [6.45, 7) is 4.40. The van der Waals surface area contributed by atoms with E-state index in [4.69, 9.17) is 9.47 Å². The number of carbonyl (C=O) groups excluding carboxylic acids is 1. The standard InChI is InChI=1S/C13H22N2O5/c1-9-2-3-15(11(6-9)12(16)17)13(18)14-7-10-8-19-4-5-20-10/h9-11H,2-8H2,1H3,(H,14,18)(H,16,17). The van der Waals surface area contributed by atoms with E-state index in [2.05, 4.69) is 5.32 Å². The zero-order chi connectivity index (χ0) is 14.5. The molecule has 0 radical (unpaired) electrons. The predicted molar refractivity (Wildman–Crippen MR) is 70.5 cm³/mol. The molecule has 2 aliphatic rings. The second kappa shape index (κ2) is 6.90. The molecule has 0 aliphatic carbocycles. The summed E-state index contributed by atoms with van der Waals surface area (Å²) in [4.78, 5) is 24.8. The number of carboxylic acids is 1. The molecule has 2 heterocycles. The van der Waals surface area contributed by atoms with Crippen LogP contribution in [0.5, 0.6) is 0 Å². The summed E-state index contributed by atoms with van der Waals surface area (Å²) in [5.41, 5.74) is 0. The van der Waals surface area contributed by atoms with Gasteiger partial charge in [0.1, 0.15) is 6.04 Å². The highest BCUT2D eigenvalue weighted by atomic mass is 16.6. The van der Waals surface area contributed by atoms with E-state index >= 15 is 0 Å². The lowest BCUT2D eigenvalue weighted by Crippen LogP contribution is -2.54. The zero-order valence-corrected chi connectivity index (χ0v) is 11.7. The molecule has 0 saturated carbocycles. The minimum atomic E-state index is -0.941. The molecule has 2 rings (SSSR count). The Morgan fingerprint density at radius 3 is 2.85 bits per heavy atom. The van der Waals surface area contributed by atoms with Crippen molar-refractivity contribution in [2.45, 2.75) is 31.9 Å². The van der Waals surface area contributed by atoms with E-state index in [9.17, 15) is 14.7 Å². The first-order valence-corrected chi connectivity index (χ1v) is 7.04. The molecule has 114 valence electrons. The van der Waals surface area contributed by atoms with Gasteiger partial charge in [0.05, 0.1) is 25.9 Å². The van der Waals surface area contributed by atoms with Crippen LogP contribution in [-0.4, -0.2) is 67.1 Å². The van der Waals surface area contributed by atoms with E-state index in [-0.39, 0.29) is 12.1 Å². The number of piperidine rings is 1. The Balaban J connectivity index is 1.84. The highest BCUT2D eigenvalue weighted by Gasteiger charge is 2.34. The third-order valence-electron chi connectivity index (χ3n) is 3.78. The van der Waals surface area contributed by atoms with E-state index in [1.807, 2.05) is 6.92 Å². The molecule has 20 heavy (non-hydrogen) atoms. The Bertz CT molecular complexity index is 357. The van der Waals surface area contributed by atoms with Crippen LogP contribution in [0.2, 0.25) is 0 Å². The molecule has 0 aromatic rings. The maximum Gasteiger partial charge on any atom is 0.326 e. The second-order valence-electron chi connectivity index (χ2n) is 5.43. The Hall–Kier alpha value is -1.34. The quantitative estimate of drug-likeness (QED) is 0.779. The fraction of sp³-hybridized carbons (Fsp3) is 0.846. The number of urea groups is 1. The summed E-state index contributed by atoms with van der Waals surface area (Å²) in [7, 11) is 0. The highest BCUT2D eigenvalue weighted by molar-refractivity contribution is 5.82. The Kier molecular flexibility index (Phi) is 5.19. The summed E-state index contributed by atoms with van der Waals surface area (Å²) in [5.74, 6) is -0.612. The van der Waals surface area contributed by atoms with Gasteiger partial charge in [0.15, 0.2) is 0 Å². The average Bonchev–Trinajstić information content (AvgIpc) is 2.45. The molecular weight excluding hydrogens is 264 g/mol. The van der Waals surface area contributed by atoms with Crippen LogP contribution in [0.3, 0.4) is 0 Å². The number of amides is 2. The van der Waals surface area contributed by atoms with Crippen molar-refractivity contribution < 1.29 is 24.2 Å². The zero-order valence-electron chi connectivity index (χ0n) is 11.7. The van der Waals surface area contributed by atoms with Gasteiger partial charge < -0.3 is 24.8 Å². The number of ether oxygens (including phenoxy) is 2. The number of rotatable bonds is 3. The molecule has 2 N–H and O–H groups in total. The molecule has 2 amide bonds. The first-order chi connectivity index (χ1) is 9.58. The fourth-order valence-electron chi connectivity index (χ4n) is 2.58. The number of nitrogens with zero attached hydrogens (tertiary/aromatic N) is 1. The third-order valence-corrected chi connectivity index (χ3v) is 3.78. The van der Waals surface area contributed by atoms with Crippen molar-refractivity contribution in [2.24, 2.45) is 5.92 Å². The summed E-state index contributed by atoms with van der Waals surface area (Å²) < 4.78 is 10.7. The van der Waals surface area contributed by atoms with Crippen LogP contribution in [0.4, 0.5) is 4.79 Å². The lowest BCUT2D eigenvalue weighted by atomic mass is 9.93. The van der Waals surface area contributed by atoms with Gasteiger partial charge in [0, 0.05) is 13.1 Å². The average molecular weight is 286 g/mol. The van der Waals surface area contributed by atoms with Crippen LogP contribution < -0.4 is 5.32 Å². The summed E-state index contributed by atoms with van der Waals surface area (Å²) in [6, 6.07) is -1.07. The van der Waals surface area contributed by atoms with Crippen LogP contribution in [0.15, 0.2) is 0 Å². The van der Waals surface area contributed by atoms with Gasteiger partial charge >= 0.3 is 12.0 Å². The molecular formula is C13H22N2O5. The van der Waals surface area contributed by atoms with E-state index in [0.717, 1.165) is 6.42 Å². The van der Waals surface area contributed by atoms with Gasteiger partial charge in [-0.25, -0.2) is 9.59 Å². The van der Waals surface area contributed by atoms with Gasteiger partial charge in [-0.3, -0.25) is 0 Å². The maximum absolute atomic E-state index is 12.1. The number of hydrogen-bond acceptors (Lipinski definition) is 4.